The molecule has 0 aliphatic carbocycles. The maximum atomic E-state index is 11.8. The lowest BCUT2D eigenvalue weighted by Crippen LogP contribution is -2.40. The Hall–Kier alpha value is -2.89. The molecule has 2 amide bonds. The molecule has 0 spiro atoms. The molecule has 1 aromatic carbocycles. The number of urea groups is 1. The van der Waals surface area contributed by atoms with E-state index < -0.39 is 18.0 Å². The molecule has 6 heteroatoms. The number of aromatic nitrogens is 1. The van der Waals surface area contributed by atoms with Crippen molar-refractivity contribution >= 4 is 12.0 Å². The van der Waals surface area contributed by atoms with Gasteiger partial charge in [-0.1, -0.05) is 36.4 Å². The average Bonchev–Trinajstić information content (AvgIpc) is 2.52. The quantitative estimate of drug-likeness (QED) is 0.780. The van der Waals surface area contributed by atoms with Gasteiger partial charge in [0.2, 0.25) is 0 Å². The topological polar surface area (TPSA) is 91.3 Å². The summed E-state index contributed by atoms with van der Waals surface area (Å²) in [7, 11) is 0. The summed E-state index contributed by atoms with van der Waals surface area (Å²) >= 11 is 0. The van der Waals surface area contributed by atoms with Crippen LogP contribution in [0.1, 0.15) is 17.3 Å². The van der Waals surface area contributed by atoms with Gasteiger partial charge >= 0.3 is 12.0 Å². The molecular formula is C15H15N3O3. The largest absolute Gasteiger partial charge is 0.479 e. The number of nitrogens with zero attached hydrogens (tertiary/aromatic N) is 1. The second kappa shape index (κ2) is 7.04. The SMILES string of the molecule is O=C(NCc1ccccn1)N[C@H](C(=O)O)c1ccccc1. The molecule has 108 valence electrons. The van der Waals surface area contributed by atoms with Crippen LogP contribution in [0.3, 0.4) is 0 Å². The first kappa shape index (κ1) is 14.5. The van der Waals surface area contributed by atoms with E-state index in [1.54, 1.807) is 48.7 Å². The molecule has 0 saturated carbocycles. The number of amides is 2. The number of rotatable bonds is 5. The first-order chi connectivity index (χ1) is 10.2. The van der Waals surface area contributed by atoms with E-state index in [2.05, 4.69) is 15.6 Å². The van der Waals surface area contributed by atoms with Crippen LogP contribution in [-0.4, -0.2) is 22.1 Å². The van der Waals surface area contributed by atoms with Gasteiger partial charge in [0.25, 0.3) is 0 Å². The average molecular weight is 285 g/mol. The van der Waals surface area contributed by atoms with Gasteiger partial charge in [0.05, 0.1) is 12.2 Å². The Bertz CT molecular complexity index is 602. The zero-order valence-corrected chi connectivity index (χ0v) is 11.2. The van der Waals surface area contributed by atoms with Crippen LogP contribution in [0.15, 0.2) is 54.7 Å². The summed E-state index contributed by atoms with van der Waals surface area (Å²) < 4.78 is 0. The highest BCUT2D eigenvalue weighted by atomic mass is 16.4. The van der Waals surface area contributed by atoms with E-state index in [4.69, 9.17) is 0 Å². The monoisotopic (exact) mass is 285 g/mol. The molecule has 21 heavy (non-hydrogen) atoms. The van der Waals surface area contributed by atoms with Crippen LogP contribution in [0.2, 0.25) is 0 Å². The number of carbonyl (C=O) groups excluding carboxylic acids is 1. The molecular weight excluding hydrogens is 270 g/mol. The van der Waals surface area contributed by atoms with Crippen molar-refractivity contribution in [2.45, 2.75) is 12.6 Å². The molecule has 0 bridgehead atoms. The van der Waals surface area contributed by atoms with Crippen LogP contribution < -0.4 is 10.6 Å². The standard InChI is InChI=1S/C15H15N3O3/c19-14(20)13(11-6-2-1-3-7-11)18-15(21)17-10-12-8-4-5-9-16-12/h1-9,13H,10H2,(H,19,20)(H2,17,18,21)/t13-/m0/s1. The number of benzene rings is 1. The summed E-state index contributed by atoms with van der Waals surface area (Å²) in [5.41, 5.74) is 1.21. The van der Waals surface area contributed by atoms with Gasteiger partial charge in [0, 0.05) is 6.20 Å². The summed E-state index contributed by atoms with van der Waals surface area (Å²) in [6, 6.07) is 12.2. The number of aliphatic carboxylic acids is 1. The van der Waals surface area contributed by atoms with Gasteiger partial charge < -0.3 is 15.7 Å². The fourth-order valence-corrected chi connectivity index (χ4v) is 1.79. The van der Waals surface area contributed by atoms with Crippen LogP contribution >= 0.6 is 0 Å². The van der Waals surface area contributed by atoms with Crippen molar-refractivity contribution in [3.63, 3.8) is 0 Å². The normalized spacial score (nSPS) is 11.4. The van der Waals surface area contributed by atoms with E-state index in [1.807, 2.05) is 6.07 Å². The number of pyridine rings is 1. The second-order valence-electron chi connectivity index (χ2n) is 4.33. The van der Waals surface area contributed by atoms with Crippen molar-refractivity contribution in [3.05, 3.63) is 66.0 Å². The Kier molecular flexibility index (Phi) is 4.87. The minimum atomic E-state index is -1.12. The molecule has 1 atom stereocenters. The molecule has 0 unspecified atom stereocenters. The van der Waals surface area contributed by atoms with Gasteiger partial charge in [-0.05, 0) is 17.7 Å². The number of nitrogens with one attached hydrogen (secondary N) is 2. The number of hydrogen-bond acceptors (Lipinski definition) is 3. The third-order valence-electron chi connectivity index (χ3n) is 2.81. The Morgan fingerprint density at radius 2 is 1.81 bits per heavy atom. The number of carboxylic acids is 1. The van der Waals surface area contributed by atoms with Crippen LogP contribution in [0.4, 0.5) is 4.79 Å². The fourth-order valence-electron chi connectivity index (χ4n) is 1.79. The fraction of sp³-hybridized carbons (Fsp3) is 0.133. The molecule has 3 N–H and O–H groups in total. The summed E-state index contributed by atoms with van der Waals surface area (Å²) in [4.78, 5) is 27.1. The number of hydrogen-bond donors (Lipinski definition) is 3. The highest BCUT2D eigenvalue weighted by molar-refractivity contribution is 5.83. The van der Waals surface area contributed by atoms with Crippen molar-refractivity contribution in [1.82, 2.24) is 15.6 Å². The smallest absolute Gasteiger partial charge is 0.330 e. The van der Waals surface area contributed by atoms with Crippen molar-refractivity contribution < 1.29 is 14.7 Å². The van der Waals surface area contributed by atoms with Crippen LogP contribution in [-0.2, 0) is 11.3 Å². The first-order valence-electron chi connectivity index (χ1n) is 6.39. The third-order valence-corrected chi connectivity index (χ3v) is 2.81. The van der Waals surface area contributed by atoms with E-state index in [9.17, 15) is 14.7 Å². The predicted octanol–water partition coefficient (Wildman–Crippen LogP) is 1.71. The van der Waals surface area contributed by atoms with Crippen LogP contribution in [0.5, 0.6) is 0 Å². The van der Waals surface area contributed by atoms with Crippen molar-refractivity contribution in [2.24, 2.45) is 0 Å². The molecule has 0 radical (unpaired) electrons. The maximum Gasteiger partial charge on any atom is 0.330 e. The minimum absolute atomic E-state index is 0.230. The van der Waals surface area contributed by atoms with Gasteiger partial charge in [0.1, 0.15) is 0 Å². The Labute approximate surface area is 121 Å². The lowest BCUT2D eigenvalue weighted by Gasteiger charge is -2.15. The van der Waals surface area contributed by atoms with Gasteiger partial charge in [-0.3, -0.25) is 4.98 Å². The van der Waals surface area contributed by atoms with Crippen molar-refractivity contribution in [1.29, 1.82) is 0 Å². The lowest BCUT2D eigenvalue weighted by atomic mass is 10.1. The van der Waals surface area contributed by atoms with Gasteiger partial charge in [-0.2, -0.15) is 0 Å². The third kappa shape index (κ3) is 4.31. The molecule has 0 aliphatic heterocycles. The Morgan fingerprint density at radius 3 is 2.43 bits per heavy atom. The van der Waals surface area contributed by atoms with E-state index in [0.29, 0.717) is 11.3 Å². The zero-order chi connectivity index (χ0) is 15.1. The Balaban J connectivity index is 1.95. The summed E-state index contributed by atoms with van der Waals surface area (Å²) in [6.07, 6.45) is 1.62. The molecule has 1 aromatic heterocycles. The van der Waals surface area contributed by atoms with Crippen molar-refractivity contribution in [3.8, 4) is 0 Å². The molecule has 2 rings (SSSR count). The predicted molar refractivity (Wildman–Crippen MR) is 76.4 cm³/mol. The molecule has 6 nitrogen and oxygen atoms in total. The highest BCUT2D eigenvalue weighted by Crippen LogP contribution is 2.12. The Morgan fingerprint density at radius 1 is 1.10 bits per heavy atom. The highest BCUT2D eigenvalue weighted by Gasteiger charge is 2.21. The maximum absolute atomic E-state index is 11.8. The molecule has 2 aromatic rings. The van der Waals surface area contributed by atoms with E-state index in [-0.39, 0.29) is 6.54 Å². The number of carbonyl (C=O) groups is 2. The van der Waals surface area contributed by atoms with Crippen LogP contribution in [0.25, 0.3) is 0 Å². The van der Waals surface area contributed by atoms with E-state index in [0.717, 1.165) is 0 Å². The molecule has 0 aliphatic rings. The molecule has 1 heterocycles. The summed E-state index contributed by atoms with van der Waals surface area (Å²) in [5, 5.41) is 14.2. The van der Waals surface area contributed by atoms with Gasteiger partial charge in [-0.25, -0.2) is 9.59 Å². The first-order valence-corrected chi connectivity index (χ1v) is 6.39. The van der Waals surface area contributed by atoms with E-state index >= 15 is 0 Å². The van der Waals surface area contributed by atoms with Gasteiger partial charge in [-0.15, -0.1) is 0 Å². The van der Waals surface area contributed by atoms with E-state index in [1.165, 1.54) is 0 Å². The summed E-state index contributed by atoms with van der Waals surface area (Å²) in [5.74, 6) is -1.12. The molecule has 0 saturated heterocycles. The molecule has 0 fully saturated rings. The minimum Gasteiger partial charge on any atom is -0.479 e. The summed E-state index contributed by atoms with van der Waals surface area (Å²) in [6.45, 7) is 0.230. The zero-order valence-electron chi connectivity index (χ0n) is 11.2. The number of carboxylic acid groups (broad SMARTS) is 1. The van der Waals surface area contributed by atoms with Crippen LogP contribution in [0, 0.1) is 0 Å². The van der Waals surface area contributed by atoms with Crippen molar-refractivity contribution in [2.75, 3.05) is 0 Å². The lowest BCUT2D eigenvalue weighted by molar-refractivity contribution is -0.139. The van der Waals surface area contributed by atoms with Gasteiger partial charge in [0.15, 0.2) is 6.04 Å². The second-order valence-corrected chi connectivity index (χ2v) is 4.33.